The first kappa shape index (κ1) is 12.6. The number of aliphatic hydroxyl groups excluding tert-OH is 2. The summed E-state index contributed by atoms with van der Waals surface area (Å²) in [4.78, 5) is 13.7. The maximum Gasteiger partial charge on any atom is 0.312 e. The molecule has 1 atom stereocenters. The SMILES string of the molecule is O=[N+]([O-])c1cc(Cl)cnc1NCC(O)CO. The number of hydrogen-bond donors (Lipinski definition) is 3. The minimum atomic E-state index is -1.00. The van der Waals surface area contributed by atoms with Crippen molar-refractivity contribution < 1.29 is 15.1 Å². The van der Waals surface area contributed by atoms with Crippen molar-refractivity contribution in [2.75, 3.05) is 18.5 Å². The van der Waals surface area contributed by atoms with E-state index in [0.29, 0.717) is 0 Å². The van der Waals surface area contributed by atoms with Crippen molar-refractivity contribution in [3.8, 4) is 0 Å². The molecular formula is C8H10ClN3O4. The van der Waals surface area contributed by atoms with Crippen LogP contribution in [0.3, 0.4) is 0 Å². The number of pyridine rings is 1. The van der Waals surface area contributed by atoms with Crippen LogP contribution in [0.15, 0.2) is 12.3 Å². The zero-order valence-electron chi connectivity index (χ0n) is 8.13. The molecule has 0 radical (unpaired) electrons. The van der Waals surface area contributed by atoms with E-state index < -0.39 is 17.6 Å². The van der Waals surface area contributed by atoms with Crippen LogP contribution in [0.1, 0.15) is 0 Å². The summed E-state index contributed by atoms with van der Waals surface area (Å²) in [6.07, 6.45) is 0.249. The fourth-order valence-corrected chi connectivity index (χ4v) is 1.14. The molecule has 0 aliphatic carbocycles. The molecule has 0 amide bonds. The number of nitrogens with one attached hydrogen (secondary N) is 1. The maximum atomic E-state index is 10.6. The van der Waals surface area contributed by atoms with Crippen LogP contribution in [0.5, 0.6) is 0 Å². The van der Waals surface area contributed by atoms with Gasteiger partial charge in [0.2, 0.25) is 5.82 Å². The normalized spacial score (nSPS) is 12.2. The van der Waals surface area contributed by atoms with Gasteiger partial charge in [-0.2, -0.15) is 0 Å². The van der Waals surface area contributed by atoms with Gasteiger partial charge in [0.25, 0.3) is 0 Å². The zero-order chi connectivity index (χ0) is 12.1. The summed E-state index contributed by atoms with van der Waals surface area (Å²) in [7, 11) is 0. The van der Waals surface area contributed by atoms with Gasteiger partial charge in [0, 0.05) is 18.8 Å². The van der Waals surface area contributed by atoms with Crippen LogP contribution in [0.2, 0.25) is 5.02 Å². The molecule has 0 aromatic carbocycles. The Kier molecular flexibility index (Phi) is 4.41. The standard InChI is InChI=1S/C8H10ClN3O4/c9-5-1-7(12(15)16)8(10-2-5)11-3-6(14)4-13/h1-2,6,13-14H,3-4H2,(H,10,11). The Morgan fingerprint density at radius 3 is 2.94 bits per heavy atom. The molecule has 1 aromatic rings. The quantitative estimate of drug-likeness (QED) is 0.514. The van der Waals surface area contributed by atoms with Crippen molar-refractivity contribution in [2.45, 2.75) is 6.10 Å². The van der Waals surface area contributed by atoms with Gasteiger partial charge in [-0.1, -0.05) is 11.6 Å². The van der Waals surface area contributed by atoms with E-state index in [1.807, 2.05) is 0 Å². The third kappa shape index (κ3) is 3.30. The number of aromatic nitrogens is 1. The van der Waals surface area contributed by atoms with E-state index in [2.05, 4.69) is 10.3 Å². The Hall–Kier alpha value is -1.44. The largest absolute Gasteiger partial charge is 0.394 e. The molecule has 1 unspecified atom stereocenters. The van der Waals surface area contributed by atoms with E-state index in [9.17, 15) is 10.1 Å². The summed E-state index contributed by atoms with van der Waals surface area (Å²) in [6, 6.07) is 1.15. The molecule has 0 fully saturated rings. The molecule has 0 aliphatic rings. The molecule has 8 heteroatoms. The van der Waals surface area contributed by atoms with Gasteiger partial charge in [0.05, 0.1) is 22.7 Å². The predicted octanol–water partition coefficient (Wildman–Crippen LogP) is 0.408. The van der Waals surface area contributed by atoms with Gasteiger partial charge >= 0.3 is 5.69 Å². The summed E-state index contributed by atoms with van der Waals surface area (Å²) in [6.45, 7) is -0.472. The van der Waals surface area contributed by atoms with Crippen molar-refractivity contribution in [3.05, 3.63) is 27.4 Å². The van der Waals surface area contributed by atoms with Crippen LogP contribution in [0, 0.1) is 10.1 Å². The molecule has 0 bridgehead atoms. The lowest BCUT2D eigenvalue weighted by Gasteiger charge is -2.09. The predicted molar refractivity (Wildman–Crippen MR) is 57.5 cm³/mol. The number of rotatable bonds is 5. The first-order valence-electron chi connectivity index (χ1n) is 4.37. The zero-order valence-corrected chi connectivity index (χ0v) is 8.89. The lowest BCUT2D eigenvalue weighted by molar-refractivity contribution is -0.384. The lowest BCUT2D eigenvalue weighted by atomic mass is 10.3. The Morgan fingerprint density at radius 2 is 2.38 bits per heavy atom. The summed E-state index contributed by atoms with van der Waals surface area (Å²) >= 11 is 5.57. The number of anilines is 1. The van der Waals surface area contributed by atoms with Crippen molar-refractivity contribution >= 4 is 23.1 Å². The number of aliphatic hydroxyl groups is 2. The van der Waals surface area contributed by atoms with Gasteiger partial charge in [-0.05, 0) is 0 Å². The maximum absolute atomic E-state index is 10.6. The molecule has 7 nitrogen and oxygen atoms in total. The summed E-state index contributed by atoms with van der Waals surface area (Å²) in [5.74, 6) is 0.00176. The number of halogens is 1. The number of hydrogen-bond acceptors (Lipinski definition) is 6. The highest BCUT2D eigenvalue weighted by Crippen LogP contribution is 2.24. The minimum Gasteiger partial charge on any atom is -0.394 e. The second-order valence-corrected chi connectivity index (χ2v) is 3.43. The van der Waals surface area contributed by atoms with Crippen LogP contribution in [0.4, 0.5) is 11.5 Å². The fourth-order valence-electron chi connectivity index (χ4n) is 0.983. The first-order chi connectivity index (χ1) is 7.54. The fraction of sp³-hybridized carbons (Fsp3) is 0.375. The Bertz CT molecular complexity index is 388. The second-order valence-electron chi connectivity index (χ2n) is 3.00. The van der Waals surface area contributed by atoms with Gasteiger partial charge in [-0.15, -0.1) is 0 Å². The molecule has 1 heterocycles. The van der Waals surface area contributed by atoms with Crippen molar-refractivity contribution in [3.63, 3.8) is 0 Å². The van der Waals surface area contributed by atoms with Gasteiger partial charge in [-0.3, -0.25) is 10.1 Å². The second kappa shape index (κ2) is 5.59. The van der Waals surface area contributed by atoms with Crippen LogP contribution < -0.4 is 5.32 Å². The van der Waals surface area contributed by atoms with Crippen molar-refractivity contribution in [2.24, 2.45) is 0 Å². The van der Waals surface area contributed by atoms with Gasteiger partial charge in [-0.25, -0.2) is 4.98 Å². The van der Waals surface area contributed by atoms with E-state index in [0.717, 1.165) is 6.07 Å². The van der Waals surface area contributed by atoms with Crippen LogP contribution in [-0.2, 0) is 0 Å². The van der Waals surface area contributed by atoms with Gasteiger partial charge in [0.15, 0.2) is 0 Å². The third-order valence-electron chi connectivity index (χ3n) is 1.75. The number of nitro groups is 1. The van der Waals surface area contributed by atoms with E-state index >= 15 is 0 Å². The molecule has 0 spiro atoms. The summed E-state index contributed by atoms with van der Waals surface area (Å²) in [5, 5.41) is 31.0. The van der Waals surface area contributed by atoms with E-state index in [-0.39, 0.29) is 23.1 Å². The molecule has 0 saturated heterocycles. The molecule has 88 valence electrons. The monoisotopic (exact) mass is 247 g/mol. The average molecular weight is 248 g/mol. The highest BCUT2D eigenvalue weighted by molar-refractivity contribution is 6.30. The number of nitrogens with zero attached hydrogens (tertiary/aromatic N) is 2. The molecule has 1 rings (SSSR count). The third-order valence-corrected chi connectivity index (χ3v) is 1.95. The Labute approximate surface area is 95.8 Å². The van der Waals surface area contributed by atoms with Gasteiger partial charge < -0.3 is 15.5 Å². The summed E-state index contributed by atoms with van der Waals surface area (Å²) < 4.78 is 0. The van der Waals surface area contributed by atoms with Crippen LogP contribution in [0.25, 0.3) is 0 Å². The highest BCUT2D eigenvalue weighted by Gasteiger charge is 2.16. The average Bonchev–Trinajstić information content (AvgIpc) is 2.26. The van der Waals surface area contributed by atoms with E-state index in [1.54, 1.807) is 0 Å². The van der Waals surface area contributed by atoms with E-state index in [1.165, 1.54) is 6.20 Å². The molecule has 16 heavy (non-hydrogen) atoms. The lowest BCUT2D eigenvalue weighted by Crippen LogP contribution is -2.23. The summed E-state index contributed by atoms with van der Waals surface area (Å²) in [5.41, 5.74) is -0.280. The van der Waals surface area contributed by atoms with E-state index in [4.69, 9.17) is 21.8 Å². The molecule has 0 aliphatic heterocycles. The first-order valence-corrected chi connectivity index (χ1v) is 4.75. The molecule has 1 aromatic heterocycles. The molecular weight excluding hydrogens is 238 g/mol. The van der Waals surface area contributed by atoms with Crippen LogP contribution >= 0.6 is 11.6 Å². The van der Waals surface area contributed by atoms with Crippen LogP contribution in [-0.4, -0.2) is 39.4 Å². The Morgan fingerprint density at radius 1 is 1.69 bits per heavy atom. The van der Waals surface area contributed by atoms with Crippen molar-refractivity contribution in [1.29, 1.82) is 0 Å². The Balaban J connectivity index is 2.82. The van der Waals surface area contributed by atoms with Gasteiger partial charge in [0.1, 0.15) is 0 Å². The smallest absolute Gasteiger partial charge is 0.312 e. The minimum absolute atomic E-state index is 0.00176. The topological polar surface area (TPSA) is 109 Å². The molecule has 0 saturated carbocycles. The molecule has 3 N–H and O–H groups in total. The van der Waals surface area contributed by atoms with Crippen molar-refractivity contribution in [1.82, 2.24) is 4.98 Å². The highest BCUT2D eigenvalue weighted by atomic mass is 35.5.